The molecule has 0 bridgehead atoms. The van der Waals surface area contributed by atoms with Crippen LogP contribution in [0.4, 0.5) is 0 Å². The van der Waals surface area contributed by atoms with Crippen LogP contribution in [0.5, 0.6) is 0 Å². The zero-order valence-corrected chi connectivity index (χ0v) is 8.02. The SMILES string of the molecule is CN(C)C(=O)c1ccccc1C(=O)O. The molecule has 1 aromatic rings. The van der Waals surface area contributed by atoms with Gasteiger partial charge in [-0.05, 0) is 12.1 Å². The minimum absolute atomic E-state index is 0.0335. The summed E-state index contributed by atoms with van der Waals surface area (Å²) in [5, 5.41) is 8.83. The number of aromatic carboxylic acids is 1. The van der Waals surface area contributed by atoms with Crippen molar-refractivity contribution in [2.75, 3.05) is 14.1 Å². The molecule has 14 heavy (non-hydrogen) atoms. The number of carboxylic acid groups (broad SMARTS) is 1. The van der Waals surface area contributed by atoms with Crippen LogP contribution in [0.1, 0.15) is 20.7 Å². The third-order valence-electron chi connectivity index (χ3n) is 1.79. The van der Waals surface area contributed by atoms with E-state index in [0.29, 0.717) is 0 Å². The first kappa shape index (κ1) is 10.2. The van der Waals surface area contributed by atoms with Gasteiger partial charge in [0.15, 0.2) is 0 Å². The fourth-order valence-electron chi connectivity index (χ4n) is 1.10. The molecule has 0 fully saturated rings. The predicted molar refractivity (Wildman–Crippen MR) is 51.4 cm³/mol. The molecule has 0 aromatic heterocycles. The van der Waals surface area contributed by atoms with Gasteiger partial charge in [0.05, 0.1) is 11.1 Å². The van der Waals surface area contributed by atoms with Gasteiger partial charge in [-0.2, -0.15) is 0 Å². The molecule has 0 aliphatic heterocycles. The molecule has 4 heteroatoms. The van der Waals surface area contributed by atoms with E-state index in [2.05, 4.69) is 0 Å². The standard InChI is InChI=1S/C10H11NO3/c1-11(2)9(12)7-5-3-4-6-8(7)10(13)14/h3-6H,1-2H3,(H,13,14). The molecule has 1 rings (SSSR count). The lowest BCUT2D eigenvalue weighted by molar-refractivity contribution is 0.0685. The summed E-state index contributed by atoms with van der Waals surface area (Å²) in [6.07, 6.45) is 0. The molecule has 0 heterocycles. The first-order valence-electron chi connectivity index (χ1n) is 4.08. The summed E-state index contributed by atoms with van der Waals surface area (Å²) in [5.74, 6) is -1.39. The molecule has 0 aliphatic carbocycles. The Hall–Kier alpha value is -1.84. The third-order valence-corrected chi connectivity index (χ3v) is 1.79. The second-order valence-electron chi connectivity index (χ2n) is 3.05. The molecule has 0 saturated heterocycles. The predicted octanol–water partition coefficient (Wildman–Crippen LogP) is 1.09. The number of benzene rings is 1. The van der Waals surface area contributed by atoms with Crippen molar-refractivity contribution >= 4 is 11.9 Å². The fraction of sp³-hybridized carbons (Fsp3) is 0.200. The van der Waals surface area contributed by atoms with Gasteiger partial charge < -0.3 is 10.0 Å². The lowest BCUT2D eigenvalue weighted by Gasteiger charge is -2.11. The van der Waals surface area contributed by atoms with Crippen LogP contribution in [0.3, 0.4) is 0 Å². The lowest BCUT2D eigenvalue weighted by atomic mass is 10.1. The highest BCUT2D eigenvalue weighted by atomic mass is 16.4. The maximum atomic E-state index is 11.5. The number of carboxylic acids is 1. The first-order valence-corrected chi connectivity index (χ1v) is 4.08. The first-order chi connectivity index (χ1) is 6.54. The number of hydrogen-bond donors (Lipinski definition) is 1. The van der Waals surface area contributed by atoms with Gasteiger partial charge in [-0.15, -0.1) is 0 Å². The van der Waals surface area contributed by atoms with Crippen LogP contribution in [0.15, 0.2) is 24.3 Å². The summed E-state index contributed by atoms with van der Waals surface area (Å²) in [4.78, 5) is 23.7. The summed E-state index contributed by atoms with van der Waals surface area (Å²) < 4.78 is 0. The Morgan fingerprint density at radius 3 is 2.07 bits per heavy atom. The monoisotopic (exact) mass is 193 g/mol. The van der Waals surface area contributed by atoms with Crippen LogP contribution >= 0.6 is 0 Å². The number of nitrogens with zero attached hydrogens (tertiary/aromatic N) is 1. The number of carbonyl (C=O) groups excluding carboxylic acids is 1. The largest absolute Gasteiger partial charge is 0.478 e. The minimum Gasteiger partial charge on any atom is -0.478 e. The maximum Gasteiger partial charge on any atom is 0.336 e. The Morgan fingerprint density at radius 1 is 1.14 bits per heavy atom. The number of carbonyl (C=O) groups is 2. The van der Waals surface area contributed by atoms with Gasteiger partial charge in [-0.3, -0.25) is 4.79 Å². The Bertz CT molecular complexity index is 371. The molecule has 1 aromatic carbocycles. The van der Waals surface area contributed by atoms with E-state index in [1.54, 1.807) is 26.2 Å². The molecule has 0 saturated carbocycles. The van der Waals surface area contributed by atoms with Crippen molar-refractivity contribution in [3.05, 3.63) is 35.4 Å². The zero-order chi connectivity index (χ0) is 10.7. The van der Waals surface area contributed by atoms with E-state index >= 15 is 0 Å². The molecule has 0 aliphatic rings. The van der Waals surface area contributed by atoms with Crippen LogP contribution in [-0.4, -0.2) is 36.0 Å². The van der Waals surface area contributed by atoms with Gasteiger partial charge in [0.2, 0.25) is 0 Å². The molecule has 1 N–H and O–H groups in total. The summed E-state index contributed by atoms with van der Waals surface area (Å²) in [5.41, 5.74) is 0.246. The van der Waals surface area contributed by atoms with Gasteiger partial charge in [0.1, 0.15) is 0 Å². The van der Waals surface area contributed by atoms with Gasteiger partial charge in [0, 0.05) is 14.1 Å². The number of amides is 1. The van der Waals surface area contributed by atoms with Crippen molar-refractivity contribution in [3.8, 4) is 0 Å². The maximum absolute atomic E-state index is 11.5. The van der Waals surface area contributed by atoms with E-state index in [1.165, 1.54) is 17.0 Å². The van der Waals surface area contributed by atoms with Crippen LogP contribution in [0.2, 0.25) is 0 Å². The minimum atomic E-state index is -1.09. The average molecular weight is 193 g/mol. The van der Waals surface area contributed by atoms with Crippen molar-refractivity contribution in [2.24, 2.45) is 0 Å². The molecule has 0 atom stereocenters. The summed E-state index contributed by atoms with van der Waals surface area (Å²) in [6.45, 7) is 0. The van der Waals surface area contributed by atoms with Crippen molar-refractivity contribution in [1.29, 1.82) is 0 Å². The van der Waals surface area contributed by atoms with Gasteiger partial charge in [0.25, 0.3) is 5.91 Å². The number of hydrogen-bond acceptors (Lipinski definition) is 2. The average Bonchev–Trinajstić information content (AvgIpc) is 2.16. The smallest absolute Gasteiger partial charge is 0.336 e. The molecule has 74 valence electrons. The van der Waals surface area contributed by atoms with Gasteiger partial charge in [-0.1, -0.05) is 12.1 Å². The molecule has 0 spiro atoms. The third kappa shape index (κ3) is 1.90. The highest BCUT2D eigenvalue weighted by Gasteiger charge is 2.16. The second-order valence-corrected chi connectivity index (χ2v) is 3.05. The zero-order valence-electron chi connectivity index (χ0n) is 8.02. The quantitative estimate of drug-likeness (QED) is 0.764. The molecule has 1 amide bonds. The summed E-state index contributed by atoms with van der Waals surface area (Å²) in [6, 6.07) is 6.16. The molecular formula is C10H11NO3. The highest BCUT2D eigenvalue weighted by Crippen LogP contribution is 2.10. The Labute approximate surface area is 81.8 Å². The Kier molecular flexibility index (Phi) is 2.86. The molecule has 4 nitrogen and oxygen atoms in total. The molecular weight excluding hydrogens is 182 g/mol. The van der Waals surface area contributed by atoms with Crippen molar-refractivity contribution in [2.45, 2.75) is 0 Å². The van der Waals surface area contributed by atoms with Gasteiger partial charge in [-0.25, -0.2) is 4.79 Å². The van der Waals surface area contributed by atoms with E-state index in [1.807, 2.05) is 0 Å². The topological polar surface area (TPSA) is 57.6 Å². The van der Waals surface area contributed by atoms with E-state index < -0.39 is 5.97 Å². The van der Waals surface area contributed by atoms with Crippen molar-refractivity contribution in [1.82, 2.24) is 4.90 Å². The molecule has 0 unspecified atom stereocenters. The van der Waals surface area contributed by atoms with E-state index in [-0.39, 0.29) is 17.0 Å². The van der Waals surface area contributed by atoms with Crippen molar-refractivity contribution in [3.63, 3.8) is 0 Å². The van der Waals surface area contributed by atoms with E-state index in [4.69, 9.17) is 5.11 Å². The highest BCUT2D eigenvalue weighted by molar-refractivity contribution is 6.04. The summed E-state index contributed by atoms with van der Waals surface area (Å²) >= 11 is 0. The fourth-order valence-corrected chi connectivity index (χ4v) is 1.10. The lowest BCUT2D eigenvalue weighted by Crippen LogP contribution is -2.23. The number of rotatable bonds is 2. The van der Waals surface area contributed by atoms with Crippen LogP contribution < -0.4 is 0 Å². The van der Waals surface area contributed by atoms with Crippen LogP contribution in [-0.2, 0) is 0 Å². The summed E-state index contributed by atoms with van der Waals surface area (Å²) in [7, 11) is 3.17. The normalized spacial score (nSPS) is 9.57. The van der Waals surface area contributed by atoms with E-state index in [9.17, 15) is 9.59 Å². The Morgan fingerprint density at radius 2 is 1.64 bits per heavy atom. The van der Waals surface area contributed by atoms with Crippen LogP contribution in [0.25, 0.3) is 0 Å². The van der Waals surface area contributed by atoms with Crippen LogP contribution in [0, 0.1) is 0 Å². The van der Waals surface area contributed by atoms with Gasteiger partial charge >= 0.3 is 5.97 Å². The second kappa shape index (κ2) is 3.91. The van der Waals surface area contributed by atoms with E-state index in [0.717, 1.165) is 0 Å². The van der Waals surface area contributed by atoms with Crippen molar-refractivity contribution < 1.29 is 14.7 Å². The molecule has 0 radical (unpaired) electrons. The Balaban J connectivity index is 3.20.